The van der Waals surface area contributed by atoms with Crippen molar-refractivity contribution in [3.63, 3.8) is 0 Å². The number of carbonyl (C=O) groups is 1. The summed E-state index contributed by atoms with van der Waals surface area (Å²) in [5.74, 6) is 0.249. The number of nitrogens with zero attached hydrogens (tertiary/aromatic N) is 4. The number of hydrogen-bond donors (Lipinski definition) is 3. The van der Waals surface area contributed by atoms with Crippen LogP contribution in [0.5, 0.6) is 0 Å². The van der Waals surface area contributed by atoms with Gasteiger partial charge in [-0.05, 0) is 26.0 Å². The Morgan fingerprint density at radius 2 is 2.15 bits per heavy atom. The molecule has 132 valence electrons. The number of carbonyl (C=O) groups excluding carboxylic acids is 1. The first-order valence-corrected chi connectivity index (χ1v) is 8.37. The van der Waals surface area contributed by atoms with Gasteiger partial charge < -0.3 is 11.1 Å². The molecule has 0 saturated heterocycles. The molecule has 0 atom stereocenters. The standard InChI is InChI=1S/C18H19N7O/c1-10(2)21-16(26)9-25-8-13-12-4-3-11(14-5-6-20-23-14)7-15(12)22-18(19)17(13)24-25/h3-8,10H,9H2,1-2H3,(H2,19,22)(H,20,23)(H,21,26). The molecule has 0 unspecified atom stereocenters. The van der Waals surface area contributed by atoms with Crippen molar-refractivity contribution in [1.82, 2.24) is 30.3 Å². The number of rotatable bonds is 4. The first-order chi connectivity index (χ1) is 12.5. The molecular weight excluding hydrogens is 330 g/mol. The van der Waals surface area contributed by atoms with Gasteiger partial charge in [-0.2, -0.15) is 10.2 Å². The number of amides is 1. The minimum Gasteiger partial charge on any atom is -0.382 e. The molecule has 3 heterocycles. The molecule has 1 amide bonds. The summed E-state index contributed by atoms with van der Waals surface area (Å²) in [6.45, 7) is 3.98. The lowest BCUT2D eigenvalue weighted by molar-refractivity contribution is -0.122. The van der Waals surface area contributed by atoms with E-state index in [4.69, 9.17) is 5.73 Å². The van der Waals surface area contributed by atoms with E-state index in [1.54, 1.807) is 10.9 Å². The second-order valence-corrected chi connectivity index (χ2v) is 6.50. The Kier molecular flexibility index (Phi) is 3.80. The summed E-state index contributed by atoms with van der Waals surface area (Å²) < 4.78 is 1.60. The predicted octanol–water partition coefficient (Wildman–Crippen LogP) is 2.08. The van der Waals surface area contributed by atoms with Gasteiger partial charge in [0.2, 0.25) is 5.91 Å². The monoisotopic (exact) mass is 349 g/mol. The lowest BCUT2D eigenvalue weighted by Crippen LogP contribution is -2.33. The number of aromatic nitrogens is 5. The molecule has 0 radical (unpaired) electrons. The lowest BCUT2D eigenvalue weighted by Gasteiger charge is -2.07. The Morgan fingerprint density at radius 3 is 2.88 bits per heavy atom. The van der Waals surface area contributed by atoms with Crippen molar-refractivity contribution >= 4 is 33.5 Å². The third-order valence-corrected chi connectivity index (χ3v) is 4.08. The number of anilines is 1. The summed E-state index contributed by atoms with van der Waals surface area (Å²) in [5, 5.41) is 16.1. The summed E-state index contributed by atoms with van der Waals surface area (Å²) >= 11 is 0. The Morgan fingerprint density at radius 1 is 1.31 bits per heavy atom. The van der Waals surface area contributed by atoms with Gasteiger partial charge in [-0.25, -0.2) is 4.98 Å². The molecule has 8 heteroatoms. The first kappa shape index (κ1) is 16.1. The second kappa shape index (κ2) is 6.14. The van der Waals surface area contributed by atoms with Crippen molar-refractivity contribution in [3.05, 3.63) is 36.7 Å². The zero-order chi connectivity index (χ0) is 18.3. The van der Waals surface area contributed by atoms with Crippen LogP contribution >= 0.6 is 0 Å². The second-order valence-electron chi connectivity index (χ2n) is 6.50. The van der Waals surface area contributed by atoms with Crippen LogP contribution in [0, 0.1) is 0 Å². The van der Waals surface area contributed by atoms with E-state index in [9.17, 15) is 4.79 Å². The molecule has 4 N–H and O–H groups in total. The van der Waals surface area contributed by atoms with Crippen LogP contribution in [0.2, 0.25) is 0 Å². The first-order valence-electron chi connectivity index (χ1n) is 8.37. The molecule has 0 fully saturated rings. The highest BCUT2D eigenvalue weighted by atomic mass is 16.2. The maximum absolute atomic E-state index is 12.0. The highest BCUT2D eigenvalue weighted by Crippen LogP contribution is 2.29. The number of nitrogen functional groups attached to an aromatic ring is 1. The largest absolute Gasteiger partial charge is 0.382 e. The Hall–Kier alpha value is -3.42. The third kappa shape index (κ3) is 2.85. The smallest absolute Gasteiger partial charge is 0.241 e. The summed E-state index contributed by atoms with van der Waals surface area (Å²) in [6.07, 6.45) is 3.61. The number of nitrogens with one attached hydrogen (secondary N) is 2. The number of aromatic amines is 1. The van der Waals surface area contributed by atoms with E-state index in [-0.39, 0.29) is 18.5 Å². The molecule has 0 aliphatic rings. The quantitative estimate of drug-likeness (QED) is 0.522. The summed E-state index contributed by atoms with van der Waals surface area (Å²) in [6, 6.07) is 7.89. The van der Waals surface area contributed by atoms with E-state index in [2.05, 4.69) is 25.6 Å². The van der Waals surface area contributed by atoms with Gasteiger partial charge >= 0.3 is 0 Å². The van der Waals surface area contributed by atoms with Crippen LogP contribution in [0.1, 0.15) is 13.8 Å². The highest BCUT2D eigenvalue weighted by molar-refractivity contribution is 6.08. The van der Waals surface area contributed by atoms with Gasteiger partial charge in [0, 0.05) is 34.8 Å². The number of fused-ring (bicyclic) bond motifs is 3. The average molecular weight is 349 g/mol. The predicted molar refractivity (Wildman–Crippen MR) is 100 cm³/mol. The van der Waals surface area contributed by atoms with E-state index in [1.165, 1.54) is 0 Å². The molecule has 0 saturated carbocycles. The maximum Gasteiger partial charge on any atom is 0.241 e. The van der Waals surface area contributed by atoms with Crippen molar-refractivity contribution < 1.29 is 4.79 Å². The molecule has 0 bridgehead atoms. The van der Waals surface area contributed by atoms with Crippen molar-refractivity contribution in [2.75, 3.05) is 5.73 Å². The Balaban J connectivity index is 1.78. The van der Waals surface area contributed by atoms with Gasteiger partial charge in [-0.3, -0.25) is 14.6 Å². The van der Waals surface area contributed by atoms with Gasteiger partial charge in [0.05, 0.1) is 11.2 Å². The van der Waals surface area contributed by atoms with E-state index < -0.39 is 0 Å². The zero-order valence-electron chi connectivity index (χ0n) is 14.5. The van der Waals surface area contributed by atoms with Crippen LogP contribution < -0.4 is 11.1 Å². The minimum atomic E-state index is -0.0931. The average Bonchev–Trinajstić information content (AvgIpc) is 3.23. The van der Waals surface area contributed by atoms with Gasteiger partial charge in [-0.1, -0.05) is 12.1 Å². The fraction of sp³-hybridized carbons (Fsp3) is 0.222. The lowest BCUT2D eigenvalue weighted by atomic mass is 10.1. The molecule has 0 spiro atoms. The number of benzene rings is 1. The van der Waals surface area contributed by atoms with Crippen LogP contribution in [-0.4, -0.2) is 36.9 Å². The molecule has 3 aromatic heterocycles. The van der Waals surface area contributed by atoms with Crippen LogP contribution in [0.4, 0.5) is 5.82 Å². The minimum absolute atomic E-state index is 0.0838. The van der Waals surface area contributed by atoms with Gasteiger partial charge in [0.1, 0.15) is 12.1 Å². The number of pyridine rings is 1. The summed E-state index contributed by atoms with van der Waals surface area (Å²) in [5.41, 5.74) is 9.27. The normalized spacial score (nSPS) is 11.5. The van der Waals surface area contributed by atoms with Crippen molar-refractivity contribution in [1.29, 1.82) is 0 Å². The molecule has 1 aromatic carbocycles. The van der Waals surface area contributed by atoms with Crippen LogP contribution in [0.15, 0.2) is 36.7 Å². The van der Waals surface area contributed by atoms with Crippen LogP contribution in [0.25, 0.3) is 33.1 Å². The Bertz CT molecular complexity index is 1100. The van der Waals surface area contributed by atoms with E-state index >= 15 is 0 Å². The van der Waals surface area contributed by atoms with Gasteiger partial charge in [0.15, 0.2) is 5.82 Å². The Labute approximate surface area is 149 Å². The summed E-state index contributed by atoms with van der Waals surface area (Å²) in [7, 11) is 0. The van der Waals surface area contributed by atoms with Crippen molar-refractivity contribution in [3.8, 4) is 11.3 Å². The van der Waals surface area contributed by atoms with Crippen molar-refractivity contribution in [2.45, 2.75) is 26.4 Å². The topological polar surface area (TPSA) is 115 Å². The fourth-order valence-corrected chi connectivity index (χ4v) is 3.02. The number of H-pyrrole nitrogens is 1. The van der Waals surface area contributed by atoms with E-state index in [0.29, 0.717) is 11.3 Å². The van der Waals surface area contributed by atoms with E-state index in [0.717, 1.165) is 27.5 Å². The summed E-state index contributed by atoms with van der Waals surface area (Å²) in [4.78, 5) is 16.5. The molecule has 4 aromatic rings. The fourth-order valence-electron chi connectivity index (χ4n) is 3.02. The molecule has 0 aliphatic heterocycles. The maximum atomic E-state index is 12.0. The molecule has 4 rings (SSSR count). The van der Waals surface area contributed by atoms with E-state index in [1.807, 2.05) is 44.3 Å². The number of hydrogen-bond acceptors (Lipinski definition) is 5. The highest BCUT2D eigenvalue weighted by Gasteiger charge is 2.14. The molecule has 0 aliphatic carbocycles. The van der Waals surface area contributed by atoms with Crippen LogP contribution in [0.3, 0.4) is 0 Å². The molecule has 8 nitrogen and oxygen atoms in total. The molecular formula is C18H19N7O. The van der Waals surface area contributed by atoms with Crippen LogP contribution in [-0.2, 0) is 11.3 Å². The zero-order valence-corrected chi connectivity index (χ0v) is 14.5. The van der Waals surface area contributed by atoms with Crippen molar-refractivity contribution in [2.24, 2.45) is 0 Å². The van der Waals surface area contributed by atoms with Gasteiger partial charge in [-0.15, -0.1) is 0 Å². The number of nitrogens with two attached hydrogens (primary N) is 1. The van der Waals surface area contributed by atoms with Gasteiger partial charge in [0.25, 0.3) is 0 Å². The molecule has 26 heavy (non-hydrogen) atoms. The third-order valence-electron chi connectivity index (χ3n) is 4.08. The SMILES string of the molecule is CC(C)NC(=O)Cn1cc2c(n1)c(N)nc1cc(-c3cc[nH]n3)ccc12.